The molecule has 34 heavy (non-hydrogen) atoms. The van der Waals surface area contributed by atoms with Crippen LogP contribution < -0.4 is 16.1 Å². The number of rotatable bonds is 6. The third kappa shape index (κ3) is 4.79. The van der Waals surface area contributed by atoms with Crippen LogP contribution in [0.25, 0.3) is 10.9 Å². The summed E-state index contributed by atoms with van der Waals surface area (Å²) in [6.45, 7) is 4.13. The van der Waals surface area contributed by atoms with Gasteiger partial charge in [-0.2, -0.15) is 0 Å². The van der Waals surface area contributed by atoms with E-state index >= 15 is 0 Å². The Kier molecular flexibility index (Phi) is 5.75. The molecule has 168 valence electrons. The Balaban J connectivity index is 1.21. The lowest BCUT2D eigenvalue weighted by Crippen LogP contribution is -2.21. The summed E-state index contributed by atoms with van der Waals surface area (Å²) in [6, 6.07) is 32.0. The van der Waals surface area contributed by atoms with Gasteiger partial charge in [-0.1, -0.05) is 29.3 Å². The van der Waals surface area contributed by atoms with Crippen molar-refractivity contribution in [3.63, 3.8) is 0 Å². The van der Waals surface area contributed by atoms with E-state index in [1.54, 1.807) is 4.68 Å². The van der Waals surface area contributed by atoms with Gasteiger partial charge in [0.2, 0.25) is 0 Å². The van der Waals surface area contributed by atoms with Crippen LogP contribution in [-0.2, 0) is 0 Å². The fourth-order valence-corrected chi connectivity index (χ4v) is 3.85. The summed E-state index contributed by atoms with van der Waals surface area (Å²) >= 11 is 0. The lowest BCUT2D eigenvalue weighted by molar-refractivity contribution is 0.101. The van der Waals surface area contributed by atoms with Crippen molar-refractivity contribution < 1.29 is 4.79 Å². The van der Waals surface area contributed by atoms with Crippen LogP contribution in [0.3, 0.4) is 0 Å². The number of carbonyl (C=O) groups excluding carboxylic acids is 1. The van der Waals surface area contributed by atoms with Gasteiger partial charge >= 0.3 is 0 Å². The molecule has 4 aromatic carbocycles. The van der Waals surface area contributed by atoms with Crippen LogP contribution >= 0.6 is 0 Å². The highest BCUT2D eigenvalue weighted by molar-refractivity contribution is 6.01. The molecule has 5 aromatic rings. The van der Waals surface area contributed by atoms with Gasteiger partial charge in [0.15, 0.2) is 0 Å². The first-order valence-electron chi connectivity index (χ1n) is 11.2. The minimum Gasteiger partial charge on any atom is -0.356 e. The van der Waals surface area contributed by atoms with Crippen molar-refractivity contribution in [2.75, 3.05) is 16.1 Å². The number of aryl methyl sites for hydroxylation is 2. The number of carbonyl (C=O) groups is 1. The Bertz CT molecular complexity index is 1430. The molecule has 0 aliphatic rings. The average Bonchev–Trinajstić information content (AvgIpc) is 3.23. The van der Waals surface area contributed by atoms with E-state index in [1.165, 1.54) is 11.1 Å². The Labute approximate surface area is 199 Å². The van der Waals surface area contributed by atoms with E-state index in [-0.39, 0.29) is 5.91 Å². The smallest absolute Gasteiger partial charge is 0.270 e. The quantitative estimate of drug-likeness (QED) is 0.260. The van der Waals surface area contributed by atoms with Gasteiger partial charge in [-0.15, -0.1) is 0 Å². The summed E-state index contributed by atoms with van der Waals surface area (Å²) < 4.78 is 1.76. The molecule has 0 spiro atoms. The van der Waals surface area contributed by atoms with Crippen molar-refractivity contribution in [3.8, 4) is 0 Å². The maximum absolute atomic E-state index is 12.7. The normalized spacial score (nSPS) is 10.8. The maximum Gasteiger partial charge on any atom is 0.270 e. The van der Waals surface area contributed by atoms with Crippen molar-refractivity contribution in [1.29, 1.82) is 0 Å². The van der Waals surface area contributed by atoms with Crippen molar-refractivity contribution >= 4 is 39.6 Å². The van der Waals surface area contributed by atoms with E-state index in [1.807, 2.05) is 72.9 Å². The van der Waals surface area contributed by atoms with Crippen molar-refractivity contribution in [2.45, 2.75) is 13.8 Å². The summed E-state index contributed by atoms with van der Waals surface area (Å²) in [7, 11) is 0. The zero-order chi connectivity index (χ0) is 23.5. The van der Waals surface area contributed by atoms with Gasteiger partial charge in [0.05, 0.1) is 5.52 Å². The number of anilines is 4. The molecule has 3 N–H and O–H groups in total. The van der Waals surface area contributed by atoms with Gasteiger partial charge in [0.1, 0.15) is 0 Å². The third-order valence-electron chi connectivity index (χ3n) is 5.73. The molecule has 0 fully saturated rings. The minimum absolute atomic E-state index is 0.156. The molecule has 0 saturated heterocycles. The fourth-order valence-electron chi connectivity index (χ4n) is 3.85. The molecule has 5 nitrogen and oxygen atoms in total. The van der Waals surface area contributed by atoms with Crippen LogP contribution in [0.4, 0.5) is 22.7 Å². The zero-order valence-electron chi connectivity index (χ0n) is 19.2. The number of benzene rings is 4. The summed E-state index contributed by atoms with van der Waals surface area (Å²) in [4.78, 5) is 12.7. The maximum atomic E-state index is 12.7. The van der Waals surface area contributed by atoms with E-state index in [0.29, 0.717) is 5.56 Å². The average molecular weight is 447 g/mol. The van der Waals surface area contributed by atoms with Crippen molar-refractivity contribution in [3.05, 3.63) is 120 Å². The summed E-state index contributed by atoms with van der Waals surface area (Å²) in [5, 5.41) is 7.88. The van der Waals surface area contributed by atoms with Gasteiger partial charge in [0.25, 0.3) is 5.91 Å². The standard InChI is InChI=1S/C29H26N4O/c1-20-3-8-24(9-4-20)30-26-12-14-27(15-13-26)31-25-10-6-22(7-11-25)29(34)32-33-18-17-23-19-21(2)5-16-28(23)33/h3-19,30-31H,1-2H3,(H,32,34). The number of hydrogen-bond donors (Lipinski definition) is 3. The predicted molar refractivity (Wildman–Crippen MR) is 141 cm³/mol. The van der Waals surface area contributed by atoms with Crippen LogP contribution in [0.2, 0.25) is 0 Å². The van der Waals surface area contributed by atoms with Crippen LogP contribution in [0.1, 0.15) is 21.5 Å². The van der Waals surface area contributed by atoms with Gasteiger partial charge < -0.3 is 10.6 Å². The lowest BCUT2D eigenvalue weighted by atomic mass is 10.2. The minimum atomic E-state index is -0.156. The molecular weight excluding hydrogens is 420 g/mol. The monoisotopic (exact) mass is 446 g/mol. The van der Waals surface area contributed by atoms with Gasteiger partial charge in [-0.25, -0.2) is 0 Å². The molecule has 0 saturated carbocycles. The molecule has 0 aliphatic heterocycles. The lowest BCUT2D eigenvalue weighted by Gasteiger charge is -2.11. The van der Waals surface area contributed by atoms with Crippen molar-refractivity contribution in [2.24, 2.45) is 0 Å². The molecule has 5 heteroatoms. The predicted octanol–water partition coefficient (Wildman–Crippen LogP) is 7.13. The van der Waals surface area contributed by atoms with Crippen LogP contribution in [0.15, 0.2) is 103 Å². The summed E-state index contributed by atoms with van der Waals surface area (Å²) in [5.74, 6) is -0.156. The number of fused-ring (bicyclic) bond motifs is 1. The van der Waals surface area contributed by atoms with Crippen LogP contribution in [0, 0.1) is 13.8 Å². The Morgan fingerprint density at radius 3 is 1.71 bits per heavy atom. The summed E-state index contributed by atoms with van der Waals surface area (Å²) in [6.07, 6.45) is 1.87. The number of aromatic nitrogens is 1. The first kappa shape index (κ1) is 21.3. The molecule has 1 heterocycles. The van der Waals surface area contributed by atoms with E-state index in [9.17, 15) is 4.79 Å². The largest absolute Gasteiger partial charge is 0.356 e. The Hall–Kier alpha value is -4.51. The number of nitrogens with zero attached hydrogens (tertiary/aromatic N) is 1. The number of nitrogens with one attached hydrogen (secondary N) is 3. The van der Waals surface area contributed by atoms with E-state index < -0.39 is 0 Å². The molecule has 0 atom stereocenters. The second-order valence-electron chi connectivity index (χ2n) is 8.46. The van der Waals surface area contributed by atoms with Gasteiger partial charge in [-0.3, -0.25) is 14.9 Å². The highest BCUT2D eigenvalue weighted by atomic mass is 16.2. The molecule has 5 rings (SSSR count). The second-order valence-corrected chi connectivity index (χ2v) is 8.46. The van der Waals surface area contributed by atoms with E-state index in [2.05, 4.69) is 60.2 Å². The molecule has 0 unspecified atom stereocenters. The molecular formula is C29H26N4O. The van der Waals surface area contributed by atoms with Crippen LogP contribution in [-0.4, -0.2) is 10.6 Å². The Morgan fingerprint density at radius 2 is 1.12 bits per heavy atom. The first-order valence-corrected chi connectivity index (χ1v) is 11.2. The number of amides is 1. The highest BCUT2D eigenvalue weighted by Crippen LogP contribution is 2.22. The second kappa shape index (κ2) is 9.16. The summed E-state index contributed by atoms with van der Waals surface area (Å²) in [5.41, 5.74) is 10.9. The molecule has 1 amide bonds. The van der Waals surface area contributed by atoms with Gasteiger partial charge in [0, 0.05) is 39.9 Å². The van der Waals surface area contributed by atoms with E-state index in [0.717, 1.165) is 33.7 Å². The molecule has 0 aliphatic carbocycles. The first-order chi connectivity index (χ1) is 16.5. The zero-order valence-corrected chi connectivity index (χ0v) is 19.2. The topological polar surface area (TPSA) is 58.1 Å². The van der Waals surface area contributed by atoms with E-state index in [4.69, 9.17) is 0 Å². The molecule has 0 radical (unpaired) electrons. The van der Waals surface area contributed by atoms with Gasteiger partial charge in [-0.05, 0) is 92.7 Å². The van der Waals surface area contributed by atoms with Crippen LogP contribution in [0.5, 0.6) is 0 Å². The number of hydrogen-bond acceptors (Lipinski definition) is 3. The highest BCUT2D eigenvalue weighted by Gasteiger charge is 2.08. The third-order valence-corrected chi connectivity index (χ3v) is 5.73. The van der Waals surface area contributed by atoms with Crippen molar-refractivity contribution in [1.82, 2.24) is 4.68 Å². The SMILES string of the molecule is Cc1ccc(Nc2ccc(Nc3ccc(C(=O)Nn4ccc5cc(C)ccc54)cc3)cc2)cc1. The molecule has 1 aromatic heterocycles. The fraction of sp³-hybridized carbons (Fsp3) is 0.0690. The molecule has 0 bridgehead atoms. The Morgan fingerprint density at radius 1 is 0.618 bits per heavy atom.